The summed E-state index contributed by atoms with van der Waals surface area (Å²) in [5, 5.41) is -0.313. The van der Waals surface area contributed by atoms with Gasteiger partial charge in [0.05, 0.1) is 0 Å². The predicted octanol–water partition coefficient (Wildman–Crippen LogP) is 0.779. The summed E-state index contributed by atoms with van der Waals surface area (Å²) >= 11 is 1.73. The second-order valence-corrected chi connectivity index (χ2v) is 8.41. The molecule has 17 heavy (non-hydrogen) atoms. The number of nitrogens with zero attached hydrogens (tertiary/aromatic N) is 1. The van der Waals surface area contributed by atoms with E-state index in [1.165, 1.54) is 0 Å². The molecule has 1 aliphatic rings. The quantitative estimate of drug-likeness (QED) is 0.806. The molecule has 4 nitrogen and oxygen atoms in total. The molecule has 1 saturated heterocycles. The Bertz CT molecular complexity index is 330. The molecule has 0 aromatic heterocycles. The molecule has 0 bridgehead atoms. The monoisotopic (exact) mass is 280 g/mol. The van der Waals surface area contributed by atoms with Crippen molar-refractivity contribution in [1.82, 2.24) is 4.90 Å². The summed E-state index contributed by atoms with van der Waals surface area (Å²) in [7, 11) is -2.98. The lowest BCUT2D eigenvalue weighted by molar-refractivity contribution is 0.222. The Hall–Kier alpha value is 0.220. The van der Waals surface area contributed by atoms with Gasteiger partial charge in [0.25, 0.3) is 0 Å². The zero-order chi connectivity index (χ0) is 13.1. The molecule has 102 valence electrons. The maximum atomic E-state index is 12.0. The topological polar surface area (TPSA) is 63.4 Å². The predicted molar refractivity (Wildman–Crippen MR) is 75.0 cm³/mol. The van der Waals surface area contributed by atoms with Crippen LogP contribution in [0, 0.1) is 5.92 Å². The molecule has 0 spiro atoms. The highest BCUT2D eigenvalue weighted by Crippen LogP contribution is 2.22. The molecule has 0 aliphatic carbocycles. The van der Waals surface area contributed by atoms with Gasteiger partial charge >= 0.3 is 0 Å². The number of thioether (sulfide) groups is 1. The van der Waals surface area contributed by atoms with Crippen LogP contribution in [0.3, 0.4) is 0 Å². The molecule has 3 unspecified atom stereocenters. The van der Waals surface area contributed by atoms with E-state index in [1.807, 2.05) is 6.92 Å². The molecule has 0 amide bonds. The SMILES string of the molecule is CCS(=O)(=O)C1CSCCN1CC(C)C(C)N. The third-order valence-corrected chi connectivity index (χ3v) is 6.76. The van der Waals surface area contributed by atoms with Gasteiger partial charge in [-0.05, 0) is 12.8 Å². The van der Waals surface area contributed by atoms with Crippen LogP contribution in [-0.4, -0.2) is 55.1 Å². The first-order chi connectivity index (χ1) is 7.88. The molecule has 1 heterocycles. The van der Waals surface area contributed by atoms with Crippen LogP contribution in [0.4, 0.5) is 0 Å². The number of sulfone groups is 1. The number of nitrogens with two attached hydrogens (primary N) is 1. The minimum atomic E-state index is -2.98. The van der Waals surface area contributed by atoms with Gasteiger partial charge in [-0.25, -0.2) is 8.42 Å². The number of rotatable bonds is 5. The van der Waals surface area contributed by atoms with Crippen molar-refractivity contribution in [3.8, 4) is 0 Å². The van der Waals surface area contributed by atoms with Gasteiger partial charge in [-0.1, -0.05) is 13.8 Å². The van der Waals surface area contributed by atoms with Gasteiger partial charge in [0.2, 0.25) is 0 Å². The van der Waals surface area contributed by atoms with Crippen molar-refractivity contribution in [1.29, 1.82) is 0 Å². The van der Waals surface area contributed by atoms with Gasteiger partial charge in [-0.3, -0.25) is 4.90 Å². The minimum absolute atomic E-state index is 0.106. The summed E-state index contributed by atoms with van der Waals surface area (Å²) in [6, 6.07) is 0.106. The Morgan fingerprint density at radius 3 is 2.65 bits per heavy atom. The second-order valence-electron chi connectivity index (χ2n) is 4.81. The van der Waals surface area contributed by atoms with Gasteiger partial charge in [0.1, 0.15) is 5.37 Å². The zero-order valence-electron chi connectivity index (χ0n) is 10.9. The van der Waals surface area contributed by atoms with E-state index in [1.54, 1.807) is 18.7 Å². The van der Waals surface area contributed by atoms with Crippen LogP contribution >= 0.6 is 11.8 Å². The Kier molecular flexibility index (Phi) is 5.76. The Morgan fingerprint density at radius 1 is 1.47 bits per heavy atom. The van der Waals surface area contributed by atoms with E-state index >= 15 is 0 Å². The third-order valence-electron chi connectivity index (χ3n) is 3.43. The van der Waals surface area contributed by atoms with Crippen LogP contribution in [0.1, 0.15) is 20.8 Å². The van der Waals surface area contributed by atoms with Crippen LogP contribution < -0.4 is 5.73 Å². The molecule has 2 N–H and O–H groups in total. The Labute approximate surface area is 109 Å². The fourth-order valence-electron chi connectivity index (χ4n) is 1.88. The van der Waals surface area contributed by atoms with Crippen molar-refractivity contribution in [2.24, 2.45) is 11.7 Å². The van der Waals surface area contributed by atoms with Crippen LogP contribution in [0.15, 0.2) is 0 Å². The fourth-order valence-corrected chi connectivity index (χ4v) is 4.97. The molecule has 0 saturated carbocycles. The van der Waals surface area contributed by atoms with Crippen molar-refractivity contribution < 1.29 is 8.42 Å². The van der Waals surface area contributed by atoms with Gasteiger partial charge < -0.3 is 5.73 Å². The molecule has 0 radical (unpaired) electrons. The molecule has 1 aliphatic heterocycles. The average Bonchev–Trinajstić information content (AvgIpc) is 2.29. The Balaban J connectivity index is 2.73. The fraction of sp³-hybridized carbons (Fsp3) is 1.00. The van der Waals surface area contributed by atoms with Crippen molar-refractivity contribution in [3.63, 3.8) is 0 Å². The van der Waals surface area contributed by atoms with Gasteiger partial charge in [-0.15, -0.1) is 0 Å². The van der Waals surface area contributed by atoms with E-state index < -0.39 is 9.84 Å². The maximum absolute atomic E-state index is 12.0. The highest BCUT2D eigenvalue weighted by Gasteiger charge is 2.33. The maximum Gasteiger partial charge on any atom is 0.166 e. The molecule has 1 fully saturated rings. The van der Waals surface area contributed by atoms with Crippen molar-refractivity contribution >= 4 is 21.6 Å². The molecular weight excluding hydrogens is 256 g/mol. The highest BCUT2D eigenvalue weighted by atomic mass is 32.2. The first kappa shape index (κ1) is 15.3. The van der Waals surface area contributed by atoms with E-state index in [4.69, 9.17) is 5.73 Å². The van der Waals surface area contributed by atoms with Crippen molar-refractivity contribution in [2.45, 2.75) is 32.2 Å². The summed E-state index contributed by atoms with van der Waals surface area (Å²) in [5.41, 5.74) is 5.86. The summed E-state index contributed by atoms with van der Waals surface area (Å²) < 4.78 is 24.1. The van der Waals surface area contributed by atoms with E-state index in [-0.39, 0.29) is 17.2 Å². The molecule has 0 aromatic carbocycles. The normalized spacial score (nSPS) is 26.7. The van der Waals surface area contributed by atoms with Gasteiger partial charge in [0.15, 0.2) is 9.84 Å². The minimum Gasteiger partial charge on any atom is -0.328 e. The third kappa shape index (κ3) is 4.12. The summed E-state index contributed by atoms with van der Waals surface area (Å²) in [6.07, 6.45) is 0. The van der Waals surface area contributed by atoms with Crippen LogP contribution in [0.25, 0.3) is 0 Å². The summed E-state index contributed by atoms with van der Waals surface area (Å²) in [6.45, 7) is 7.42. The summed E-state index contributed by atoms with van der Waals surface area (Å²) in [4.78, 5) is 2.10. The number of hydrogen-bond acceptors (Lipinski definition) is 5. The molecule has 6 heteroatoms. The van der Waals surface area contributed by atoms with Crippen LogP contribution in [0.5, 0.6) is 0 Å². The second kappa shape index (κ2) is 6.41. The average molecular weight is 280 g/mol. The van der Waals surface area contributed by atoms with Crippen molar-refractivity contribution in [2.75, 3.05) is 30.3 Å². The lowest BCUT2D eigenvalue weighted by Gasteiger charge is -2.36. The van der Waals surface area contributed by atoms with E-state index in [2.05, 4.69) is 11.8 Å². The smallest absolute Gasteiger partial charge is 0.166 e. The van der Waals surface area contributed by atoms with Gasteiger partial charge in [0, 0.05) is 36.4 Å². The summed E-state index contributed by atoms with van der Waals surface area (Å²) in [5.74, 6) is 2.26. The van der Waals surface area contributed by atoms with E-state index in [9.17, 15) is 8.42 Å². The first-order valence-corrected chi connectivity index (χ1v) is 9.04. The lowest BCUT2D eigenvalue weighted by atomic mass is 10.0. The zero-order valence-corrected chi connectivity index (χ0v) is 12.6. The highest BCUT2D eigenvalue weighted by molar-refractivity contribution is 8.01. The van der Waals surface area contributed by atoms with Crippen LogP contribution in [-0.2, 0) is 9.84 Å². The largest absolute Gasteiger partial charge is 0.328 e. The molecule has 0 aromatic rings. The molecule has 3 atom stereocenters. The molecular formula is C11H24N2O2S2. The van der Waals surface area contributed by atoms with Gasteiger partial charge in [-0.2, -0.15) is 11.8 Å². The standard InChI is InChI=1S/C11H24N2O2S2/c1-4-17(14,15)11-8-16-6-5-13(11)7-9(2)10(3)12/h9-11H,4-8,12H2,1-3H3. The first-order valence-electron chi connectivity index (χ1n) is 6.17. The van der Waals surface area contributed by atoms with E-state index in [0.29, 0.717) is 11.7 Å². The van der Waals surface area contributed by atoms with E-state index in [0.717, 1.165) is 18.8 Å². The van der Waals surface area contributed by atoms with Crippen LogP contribution in [0.2, 0.25) is 0 Å². The molecule has 1 rings (SSSR count). The Morgan fingerprint density at radius 2 is 2.12 bits per heavy atom. The van der Waals surface area contributed by atoms with Crippen molar-refractivity contribution in [3.05, 3.63) is 0 Å². The number of hydrogen-bond donors (Lipinski definition) is 1. The lowest BCUT2D eigenvalue weighted by Crippen LogP contribution is -2.50.